The lowest BCUT2D eigenvalue weighted by Gasteiger charge is -2.31. The number of nitrogens with zero attached hydrogens (tertiary/aromatic N) is 1. The Balaban J connectivity index is 1.31. The van der Waals surface area contributed by atoms with Crippen molar-refractivity contribution in [1.29, 1.82) is 0 Å². The molecule has 2 aliphatic rings. The summed E-state index contributed by atoms with van der Waals surface area (Å²) in [5.74, 6) is 1.46. The number of ether oxygens (including phenoxy) is 2. The van der Waals surface area contributed by atoms with Crippen LogP contribution in [-0.4, -0.2) is 59.6 Å². The summed E-state index contributed by atoms with van der Waals surface area (Å²) in [7, 11) is 1.60. The molecule has 38 heavy (non-hydrogen) atoms. The molecule has 2 atom stereocenters. The Hall–Kier alpha value is -2.90. The summed E-state index contributed by atoms with van der Waals surface area (Å²) in [5, 5.41) is 14.5. The molecule has 2 heterocycles. The average molecular weight is 523 g/mol. The van der Waals surface area contributed by atoms with Crippen molar-refractivity contribution in [2.75, 3.05) is 13.7 Å². The minimum atomic E-state index is -0.816. The molecular weight excluding hydrogens is 480 g/mol. The van der Waals surface area contributed by atoms with Gasteiger partial charge in [-0.05, 0) is 94.3 Å². The number of fused-ring (bicyclic) bond motifs is 2. The number of amides is 1. The van der Waals surface area contributed by atoms with Gasteiger partial charge in [0.2, 0.25) is 5.91 Å². The molecule has 7 heteroatoms. The highest BCUT2D eigenvalue weighted by Gasteiger charge is 2.41. The molecule has 1 amide bonds. The van der Waals surface area contributed by atoms with Gasteiger partial charge in [0.05, 0.1) is 19.3 Å². The maximum atomic E-state index is 12.9. The van der Waals surface area contributed by atoms with E-state index in [1.54, 1.807) is 31.4 Å². The van der Waals surface area contributed by atoms with Gasteiger partial charge in [-0.25, -0.2) is 0 Å². The largest absolute Gasteiger partial charge is 0.497 e. The number of carbonyl (C=O) groups excluding carboxylic acids is 2. The molecule has 2 N–H and O–H groups in total. The molecule has 0 aliphatic carbocycles. The average Bonchev–Trinajstić information content (AvgIpc) is 3.49. The van der Waals surface area contributed by atoms with E-state index in [-0.39, 0.29) is 17.8 Å². The molecule has 2 fully saturated rings. The van der Waals surface area contributed by atoms with Gasteiger partial charge in [-0.3, -0.25) is 14.5 Å². The molecule has 2 saturated heterocycles. The number of nitrogens with one attached hydrogen (secondary N) is 1. The zero-order valence-electron chi connectivity index (χ0n) is 22.9. The van der Waals surface area contributed by atoms with Gasteiger partial charge in [-0.15, -0.1) is 0 Å². The summed E-state index contributed by atoms with van der Waals surface area (Å²) < 4.78 is 10.9. The number of carbonyl (C=O) groups is 2. The number of Topliss-reactive ketones (excluding diaryl/α,β-unsaturated/α-hetero) is 1. The van der Waals surface area contributed by atoms with Crippen LogP contribution in [0, 0.1) is 0 Å². The monoisotopic (exact) mass is 522 g/mol. The summed E-state index contributed by atoms with van der Waals surface area (Å²) in [6.45, 7) is 4.60. The number of hydrogen-bond donors (Lipinski definition) is 2. The normalized spacial score (nSPS) is 20.3. The minimum Gasteiger partial charge on any atom is -0.497 e. The third kappa shape index (κ3) is 7.35. The number of aliphatic hydroxyl groups is 1. The number of hydrogen-bond acceptors (Lipinski definition) is 6. The molecule has 2 aliphatic heterocycles. The first-order chi connectivity index (χ1) is 18.3. The second kappa shape index (κ2) is 13.3. The van der Waals surface area contributed by atoms with Crippen molar-refractivity contribution in [3.63, 3.8) is 0 Å². The fourth-order valence-electron chi connectivity index (χ4n) is 5.79. The number of unbranched alkanes of at least 4 members (excludes halogenated alkanes) is 1. The van der Waals surface area contributed by atoms with E-state index in [1.807, 2.05) is 38.1 Å². The second-order valence-corrected chi connectivity index (χ2v) is 10.9. The molecule has 4 rings (SSSR count). The maximum Gasteiger partial charge on any atom is 0.220 e. The Labute approximate surface area is 226 Å². The van der Waals surface area contributed by atoms with Crippen molar-refractivity contribution < 1.29 is 24.2 Å². The quantitative estimate of drug-likeness (QED) is 0.266. The first-order valence-electron chi connectivity index (χ1n) is 14.0. The van der Waals surface area contributed by atoms with Gasteiger partial charge in [0.25, 0.3) is 0 Å². The van der Waals surface area contributed by atoms with Gasteiger partial charge >= 0.3 is 0 Å². The first kappa shape index (κ1) is 28.1. The number of rotatable bonds is 14. The molecule has 2 aromatic carbocycles. The smallest absolute Gasteiger partial charge is 0.220 e. The first-order valence-corrected chi connectivity index (χ1v) is 14.0. The van der Waals surface area contributed by atoms with E-state index in [2.05, 4.69) is 10.2 Å². The Bertz CT molecular complexity index is 1030. The Kier molecular flexibility index (Phi) is 9.80. The van der Waals surface area contributed by atoms with Crippen molar-refractivity contribution in [3.8, 4) is 11.5 Å². The molecule has 2 aromatic rings. The van der Waals surface area contributed by atoms with E-state index in [4.69, 9.17) is 9.47 Å². The van der Waals surface area contributed by atoms with Crippen molar-refractivity contribution in [2.24, 2.45) is 0 Å². The van der Waals surface area contributed by atoms with Crippen LogP contribution in [0.3, 0.4) is 0 Å². The number of aliphatic hydroxyl groups excluding tert-OH is 1. The van der Waals surface area contributed by atoms with E-state index in [9.17, 15) is 14.7 Å². The molecule has 0 radical (unpaired) electrons. The van der Waals surface area contributed by atoms with Crippen molar-refractivity contribution in [1.82, 2.24) is 10.2 Å². The lowest BCUT2D eigenvalue weighted by atomic mass is 10.0. The zero-order chi connectivity index (χ0) is 27.1. The third-order valence-corrected chi connectivity index (χ3v) is 7.80. The summed E-state index contributed by atoms with van der Waals surface area (Å²) in [4.78, 5) is 27.9. The lowest BCUT2D eigenvalue weighted by molar-refractivity contribution is -0.123. The van der Waals surface area contributed by atoms with E-state index in [1.165, 1.54) is 25.7 Å². The molecular formula is C31H42N2O5. The second-order valence-electron chi connectivity index (χ2n) is 10.9. The van der Waals surface area contributed by atoms with Crippen LogP contribution < -0.4 is 14.8 Å². The van der Waals surface area contributed by atoms with Gasteiger partial charge in [0, 0.05) is 37.0 Å². The van der Waals surface area contributed by atoms with E-state index in [0.29, 0.717) is 49.9 Å². The Morgan fingerprint density at radius 3 is 2.08 bits per heavy atom. The lowest BCUT2D eigenvalue weighted by Crippen LogP contribution is -2.48. The molecule has 0 spiro atoms. The van der Waals surface area contributed by atoms with Crippen LogP contribution >= 0.6 is 0 Å². The predicted molar refractivity (Wildman–Crippen MR) is 148 cm³/mol. The fraction of sp³-hybridized carbons (Fsp3) is 0.548. The number of benzene rings is 2. The van der Waals surface area contributed by atoms with Gasteiger partial charge in [0.1, 0.15) is 17.6 Å². The molecule has 7 nitrogen and oxygen atoms in total. The van der Waals surface area contributed by atoms with Gasteiger partial charge in [-0.2, -0.15) is 0 Å². The third-order valence-electron chi connectivity index (χ3n) is 7.80. The van der Waals surface area contributed by atoms with Crippen molar-refractivity contribution in [2.45, 2.75) is 95.5 Å². The number of ketones is 1. The molecule has 2 bridgehead atoms. The van der Waals surface area contributed by atoms with Crippen LogP contribution in [0.1, 0.15) is 87.2 Å². The van der Waals surface area contributed by atoms with Gasteiger partial charge < -0.3 is 19.9 Å². The summed E-state index contributed by atoms with van der Waals surface area (Å²) >= 11 is 0. The Morgan fingerprint density at radius 1 is 0.921 bits per heavy atom. The topological polar surface area (TPSA) is 88.1 Å². The molecule has 206 valence electrons. The SMILES string of the molecule is COc1ccc(C(=O)CCCCC(=O)N[C@H](CN2C3CCC2CC3)[C@H](O)c2ccc(OC(C)C)cc2)cc1. The van der Waals surface area contributed by atoms with Crippen LogP contribution in [-0.2, 0) is 4.79 Å². The van der Waals surface area contributed by atoms with Gasteiger partial charge in [-0.1, -0.05) is 12.1 Å². The fourth-order valence-corrected chi connectivity index (χ4v) is 5.79. The van der Waals surface area contributed by atoms with E-state index < -0.39 is 12.1 Å². The van der Waals surface area contributed by atoms with Crippen LogP contribution in [0.5, 0.6) is 11.5 Å². The number of methoxy groups -OCH3 is 1. The predicted octanol–water partition coefficient (Wildman–Crippen LogP) is 5.07. The van der Waals surface area contributed by atoms with Crippen molar-refractivity contribution in [3.05, 3.63) is 59.7 Å². The standard InChI is InChI=1S/C31H42N2O5/c1-21(2)38-27-18-10-23(11-19-27)31(36)28(20-33-24-12-13-25(33)15-14-24)32-30(35)7-5-4-6-29(34)22-8-16-26(37-3)17-9-22/h8-11,16-19,21,24-25,28,31,36H,4-7,12-15,20H2,1-3H3,(H,32,35)/t24?,25?,28-,31-/m1/s1. The minimum absolute atomic E-state index is 0.0655. The van der Waals surface area contributed by atoms with Crippen LogP contribution in [0.15, 0.2) is 48.5 Å². The summed E-state index contributed by atoms with van der Waals surface area (Å²) in [5.41, 5.74) is 1.42. The highest BCUT2D eigenvalue weighted by Crippen LogP contribution is 2.38. The van der Waals surface area contributed by atoms with E-state index in [0.717, 1.165) is 17.1 Å². The maximum absolute atomic E-state index is 12.9. The van der Waals surface area contributed by atoms with E-state index >= 15 is 0 Å². The summed E-state index contributed by atoms with van der Waals surface area (Å²) in [6.07, 6.45) is 6.04. The van der Waals surface area contributed by atoms with Crippen LogP contribution in [0.25, 0.3) is 0 Å². The van der Waals surface area contributed by atoms with Crippen LogP contribution in [0.2, 0.25) is 0 Å². The highest BCUT2D eigenvalue weighted by atomic mass is 16.5. The Morgan fingerprint density at radius 2 is 1.50 bits per heavy atom. The highest BCUT2D eigenvalue weighted by molar-refractivity contribution is 5.96. The zero-order valence-corrected chi connectivity index (χ0v) is 22.9. The summed E-state index contributed by atoms with van der Waals surface area (Å²) in [6, 6.07) is 15.3. The van der Waals surface area contributed by atoms with Crippen molar-refractivity contribution >= 4 is 11.7 Å². The molecule has 0 unspecified atom stereocenters. The van der Waals surface area contributed by atoms with Gasteiger partial charge in [0.15, 0.2) is 5.78 Å². The molecule has 0 saturated carbocycles. The molecule has 0 aromatic heterocycles. The van der Waals surface area contributed by atoms with Crippen LogP contribution in [0.4, 0.5) is 0 Å².